The molecule has 0 aliphatic heterocycles. The van der Waals surface area contributed by atoms with Gasteiger partial charge in [0, 0.05) is 31.9 Å². The first-order valence-electron chi connectivity index (χ1n) is 5.62. The van der Waals surface area contributed by atoms with E-state index in [1.807, 2.05) is 0 Å². The molecule has 1 rings (SSSR count). The normalized spacial score (nSPS) is 10.5. The lowest BCUT2D eigenvalue weighted by Gasteiger charge is -2.08. The van der Waals surface area contributed by atoms with Crippen LogP contribution >= 0.6 is 0 Å². The van der Waals surface area contributed by atoms with Gasteiger partial charge in [0.2, 0.25) is 5.88 Å². The van der Waals surface area contributed by atoms with Crippen LogP contribution in [0.5, 0.6) is 5.88 Å². The second-order valence-corrected chi connectivity index (χ2v) is 3.43. The van der Waals surface area contributed by atoms with Crippen LogP contribution in [-0.4, -0.2) is 43.6 Å². The molecule has 1 aromatic heterocycles. The second-order valence-electron chi connectivity index (χ2n) is 3.43. The molecule has 17 heavy (non-hydrogen) atoms. The fraction of sp³-hybridized carbons (Fsp3) is 0.583. The molecular formula is C12H19NO4. The van der Waals surface area contributed by atoms with Crippen LogP contribution in [0.1, 0.15) is 12.0 Å². The Labute approximate surface area is 101 Å². The molecule has 0 aliphatic rings. The molecular weight excluding hydrogens is 222 g/mol. The van der Waals surface area contributed by atoms with Gasteiger partial charge in [0.05, 0.1) is 26.4 Å². The van der Waals surface area contributed by atoms with E-state index in [1.54, 1.807) is 25.4 Å². The van der Waals surface area contributed by atoms with Gasteiger partial charge in [0.25, 0.3) is 0 Å². The number of methoxy groups -OCH3 is 1. The fourth-order valence-corrected chi connectivity index (χ4v) is 1.25. The third kappa shape index (κ3) is 5.63. The summed E-state index contributed by atoms with van der Waals surface area (Å²) in [5.41, 5.74) is 0.702. The van der Waals surface area contributed by atoms with E-state index >= 15 is 0 Å². The van der Waals surface area contributed by atoms with E-state index in [-0.39, 0.29) is 6.61 Å². The van der Waals surface area contributed by atoms with Gasteiger partial charge in [0.1, 0.15) is 0 Å². The highest BCUT2D eigenvalue weighted by Crippen LogP contribution is 2.13. The van der Waals surface area contributed by atoms with Gasteiger partial charge >= 0.3 is 0 Å². The number of rotatable bonds is 9. The summed E-state index contributed by atoms with van der Waals surface area (Å²) in [4.78, 5) is 4.05. The highest BCUT2D eigenvalue weighted by molar-refractivity contribution is 5.24. The molecule has 0 unspecified atom stereocenters. The van der Waals surface area contributed by atoms with Crippen LogP contribution in [0, 0.1) is 0 Å². The lowest BCUT2D eigenvalue weighted by Crippen LogP contribution is -2.08. The molecule has 0 saturated heterocycles. The lowest BCUT2D eigenvalue weighted by atomic mass is 10.3. The molecule has 0 fully saturated rings. The molecule has 1 heterocycles. The molecule has 0 spiro atoms. The summed E-state index contributed by atoms with van der Waals surface area (Å²) in [6.07, 6.45) is 2.43. The van der Waals surface area contributed by atoms with E-state index in [0.717, 1.165) is 6.42 Å². The van der Waals surface area contributed by atoms with E-state index in [0.29, 0.717) is 37.9 Å². The number of aromatic nitrogens is 1. The standard InChI is InChI=1S/C12H19NO4/c1-15-8-9-16-6-3-7-17-12-11(10-14)4-2-5-13-12/h2,4-5,14H,3,6-10H2,1H3. The van der Waals surface area contributed by atoms with Crippen molar-refractivity contribution in [3.63, 3.8) is 0 Å². The van der Waals surface area contributed by atoms with E-state index in [9.17, 15) is 0 Å². The lowest BCUT2D eigenvalue weighted by molar-refractivity contribution is 0.0640. The fourth-order valence-electron chi connectivity index (χ4n) is 1.25. The molecule has 0 bridgehead atoms. The van der Waals surface area contributed by atoms with Gasteiger partial charge in [-0.15, -0.1) is 0 Å². The number of hydrogen-bond donors (Lipinski definition) is 1. The maximum absolute atomic E-state index is 9.06. The minimum atomic E-state index is -0.0620. The van der Waals surface area contributed by atoms with Crippen molar-refractivity contribution >= 4 is 0 Å². The van der Waals surface area contributed by atoms with E-state index in [2.05, 4.69) is 4.98 Å². The van der Waals surface area contributed by atoms with Gasteiger partial charge in [-0.2, -0.15) is 0 Å². The van der Waals surface area contributed by atoms with E-state index in [4.69, 9.17) is 19.3 Å². The van der Waals surface area contributed by atoms with Crippen molar-refractivity contribution in [2.24, 2.45) is 0 Å². The number of ether oxygens (including phenoxy) is 3. The van der Waals surface area contributed by atoms with Gasteiger partial charge in [-0.1, -0.05) is 0 Å². The summed E-state index contributed by atoms with van der Waals surface area (Å²) in [7, 11) is 1.64. The summed E-state index contributed by atoms with van der Waals surface area (Å²) in [6.45, 7) is 2.30. The van der Waals surface area contributed by atoms with Crippen molar-refractivity contribution in [2.75, 3.05) is 33.5 Å². The zero-order valence-electron chi connectivity index (χ0n) is 10.1. The van der Waals surface area contributed by atoms with Gasteiger partial charge in [0.15, 0.2) is 0 Å². The van der Waals surface area contributed by atoms with E-state index in [1.165, 1.54) is 0 Å². The SMILES string of the molecule is COCCOCCCOc1ncccc1CO. The Kier molecular flexibility index (Phi) is 7.29. The molecule has 96 valence electrons. The van der Waals surface area contributed by atoms with Crippen molar-refractivity contribution < 1.29 is 19.3 Å². The molecule has 1 aromatic rings. The van der Waals surface area contributed by atoms with Gasteiger partial charge in [-0.25, -0.2) is 4.98 Å². The second kappa shape index (κ2) is 8.92. The van der Waals surface area contributed by atoms with Crippen molar-refractivity contribution in [1.82, 2.24) is 4.98 Å². The Balaban J connectivity index is 2.13. The smallest absolute Gasteiger partial charge is 0.218 e. The van der Waals surface area contributed by atoms with Crippen molar-refractivity contribution in [3.8, 4) is 5.88 Å². The summed E-state index contributed by atoms with van der Waals surface area (Å²) in [6, 6.07) is 3.56. The first-order valence-corrected chi connectivity index (χ1v) is 5.62. The molecule has 0 aliphatic carbocycles. The summed E-state index contributed by atoms with van der Waals surface area (Å²) in [5, 5.41) is 9.06. The van der Waals surface area contributed by atoms with Crippen LogP contribution in [0.4, 0.5) is 0 Å². The molecule has 0 aromatic carbocycles. The average molecular weight is 241 g/mol. The number of hydrogen-bond acceptors (Lipinski definition) is 5. The monoisotopic (exact) mass is 241 g/mol. The first-order chi connectivity index (χ1) is 8.38. The quantitative estimate of drug-likeness (QED) is 0.654. The minimum Gasteiger partial charge on any atom is -0.477 e. The maximum Gasteiger partial charge on any atom is 0.218 e. The first kappa shape index (κ1) is 13.9. The highest BCUT2D eigenvalue weighted by Gasteiger charge is 2.02. The van der Waals surface area contributed by atoms with Crippen LogP contribution in [0.25, 0.3) is 0 Å². The summed E-state index contributed by atoms with van der Waals surface area (Å²) in [5.74, 6) is 0.492. The predicted molar refractivity (Wildman–Crippen MR) is 63.0 cm³/mol. The molecule has 1 N–H and O–H groups in total. The molecule has 5 nitrogen and oxygen atoms in total. The Morgan fingerprint density at radius 1 is 1.24 bits per heavy atom. The Morgan fingerprint density at radius 3 is 2.88 bits per heavy atom. The topological polar surface area (TPSA) is 60.8 Å². The number of nitrogens with zero attached hydrogens (tertiary/aromatic N) is 1. The van der Waals surface area contributed by atoms with Gasteiger partial charge in [-0.05, 0) is 12.1 Å². The van der Waals surface area contributed by atoms with Crippen molar-refractivity contribution in [3.05, 3.63) is 23.9 Å². The number of aliphatic hydroxyl groups is 1. The van der Waals surface area contributed by atoms with Crippen LogP contribution in [0.2, 0.25) is 0 Å². The largest absolute Gasteiger partial charge is 0.477 e. The average Bonchev–Trinajstić information content (AvgIpc) is 2.38. The maximum atomic E-state index is 9.06. The Hall–Kier alpha value is -1.17. The molecule has 0 amide bonds. The van der Waals surface area contributed by atoms with Crippen LogP contribution in [0.15, 0.2) is 18.3 Å². The minimum absolute atomic E-state index is 0.0620. The predicted octanol–water partition coefficient (Wildman–Crippen LogP) is 1.01. The van der Waals surface area contributed by atoms with Crippen LogP contribution in [-0.2, 0) is 16.1 Å². The van der Waals surface area contributed by atoms with Crippen LogP contribution < -0.4 is 4.74 Å². The van der Waals surface area contributed by atoms with Crippen molar-refractivity contribution in [2.45, 2.75) is 13.0 Å². The highest BCUT2D eigenvalue weighted by atomic mass is 16.5. The molecule has 0 atom stereocenters. The zero-order chi connectivity index (χ0) is 12.3. The molecule has 0 radical (unpaired) electrons. The van der Waals surface area contributed by atoms with Crippen molar-refractivity contribution in [1.29, 1.82) is 0 Å². The van der Waals surface area contributed by atoms with Crippen LogP contribution in [0.3, 0.4) is 0 Å². The Morgan fingerprint density at radius 2 is 2.12 bits per heavy atom. The zero-order valence-corrected chi connectivity index (χ0v) is 10.1. The Bertz CT molecular complexity index is 306. The van der Waals surface area contributed by atoms with Gasteiger partial charge in [-0.3, -0.25) is 0 Å². The van der Waals surface area contributed by atoms with Gasteiger partial charge < -0.3 is 19.3 Å². The molecule has 0 saturated carbocycles. The number of aliphatic hydroxyl groups excluding tert-OH is 1. The third-order valence-corrected chi connectivity index (χ3v) is 2.12. The summed E-state index contributed by atoms with van der Waals surface area (Å²) < 4.78 is 15.6. The third-order valence-electron chi connectivity index (χ3n) is 2.12. The van der Waals surface area contributed by atoms with E-state index < -0.39 is 0 Å². The number of pyridine rings is 1. The summed E-state index contributed by atoms with van der Waals surface area (Å²) >= 11 is 0. The molecule has 5 heteroatoms.